The fourth-order valence-electron chi connectivity index (χ4n) is 2.04. The van der Waals surface area contributed by atoms with Crippen LogP contribution in [0.25, 0.3) is 0 Å². The van der Waals surface area contributed by atoms with Crippen LogP contribution in [0.4, 0.5) is 11.4 Å². The van der Waals surface area contributed by atoms with E-state index in [2.05, 4.69) is 10.6 Å². The van der Waals surface area contributed by atoms with Crippen LogP contribution in [0.15, 0.2) is 42.5 Å². The first-order chi connectivity index (χ1) is 12.2. The number of rotatable bonds is 5. The summed E-state index contributed by atoms with van der Waals surface area (Å²) in [7, 11) is 0. The van der Waals surface area contributed by atoms with Gasteiger partial charge in [0.05, 0.1) is 5.56 Å². The van der Waals surface area contributed by atoms with Crippen LogP contribution in [0.2, 0.25) is 10.0 Å². The standard InChI is InChI=1S/C18H16Cl2N2O4/c1-10(17(24)22-16-8-13(19)7-14(20)9-16)26-18(25)12-3-5-15(6-4-12)21-11(2)23/h3-10H,1-2H3,(H,21,23)(H,22,24)/t10-/m1/s1. The van der Waals surface area contributed by atoms with Gasteiger partial charge in [-0.15, -0.1) is 0 Å². The molecular formula is C18H16Cl2N2O4. The largest absolute Gasteiger partial charge is 0.449 e. The summed E-state index contributed by atoms with van der Waals surface area (Å²) >= 11 is 11.7. The van der Waals surface area contributed by atoms with Crippen LogP contribution in [0.5, 0.6) is 0 Å². The molecule has 2 aromatic carbocycles. The zero-order valence-corrected chi connectivity index (χ0v) is 15.5. The molecule has 0 aliphatic carbocycles. The number of amides is 2. The number of nitrogens with one attached hydrogen (secondary N) is 2. The van der Waals surface area contributed by atoms with E-state index in [-0.39, 0.29) is 11.5 Å². The topological polar surface area (TPSA) is 84.5 Å². The Kier molecular flexibility index (Phi) is 6.60. The van der Waals surface area contributed by atoms with Crippen molar-refractivity contribution < 1.29 is 19.1 Å². The fraction of sp³-hybridized carbons (Fsp3) is 0.167. The van der Waals surface area contributed by atoms with Crippen LogP contribution in [0, 0.1) is 0 Å². The molecule has 1 atom stereocenters. The minimum atomic E-state index is -1.03. The first-order valence-corrected chi connectivity index (χ1v) is 8.36. The van der Waals surface area contributed by atoms with E-state index in [1.807, 2.05) is 0 Å². The van der Waals surface area contributed by atoms with Gasteiger partial charge in [0.15, 0.2) is 6.10 Å². The van der Waals surface area contributed by atoms with Crippen molar-refractivity contribution in [1.82, 2.24) is 0 Å². The zero-order valence-electron chi connectivity index (χ0n) is 14.0. The first kappa shape index (κ1) is 19.8. The van der Waals surface area contributed by atoms with Gasteiger partial charge in [0.1, 0.15) is 0 Å². The Labute approximate surface area is 160 Å². The lowest BCUT2D eigenvalue weighted by Crippen LogP contribution is -2.30. The van der Waals surface area contributed by atoms with Crippen LogP contribution >= 0.6 is 23.2 Å². The van der Waals surface area contributed by atoms with Crippen molar-refractivity contribution in [3.63, 3.8) is 0 Å². The van der Waals surface area contributed by atoms with Gasteiger partial charge in [-0.05, 0) is 49.4 Å². The zero-order chi connectivity index (χ0) is 19.3. The quantitative estimate of drug-likeness (QED) is 0.746. The molecule has 6 nitrogen and oxygen atoms in total. The molecule has 0 aromatic heterocycles. The van der Waals surface area contributed by atoms with E-state index in [9.17, 15) is 14.4 Å². The van der Waals surface area contributed by atoms with Crippen molar-refractivity contribution in [1.29, 1.82) is 0 Å². The maximum Gasteiger partial charge on any atom is 0.338 e. The predicted molar refractivity (Wildman–Crippen MR) is 101 cm³/mol. The molecule has 0 fully saturated rings. The lowest BCUT2D eigenvalue weighted by atomic mass is 10.2. The summed E-state index contributed by atoms with van der Waals surface area (Å²) in [6, 6.07) is 10.7. The minimum absolute atomic E-state index is 0.216. The lowest BCUT2D eigenvalue weighted by Gasteiger charge is -2.14. The van der Waals surface area contributed by atoms with Gasteiger partial charge in [-0.1, -0.05) is 23.2 Å². The van der Waals surface area contributed by atoms with Crippen molar-refractivity contribution in [3.05, 3.63) is 58.1 Å². The molecule has 0 spiro atoms. The molecule has 0 radical (unpaired) electrons. The number of ether oxygens (including phenoxy) is 1. The first-order valence-electron chi connectivity index (χ1n) is 7.60. The average Bonchev–Trinajstić information content (AvgIpc) is 2.53. The third-order valence-electron chi connectivity index (χ3n) is 3.22. The molecule has 2 amide bonds. The number of carbonyl (C=O) groups excluding carboxylic acids is 3. The van der Waals surface area contributed by atoms with E-state index in [1.54, 1.807) is 12.1 Å². The molecule has 0 saturated carbocycles. The molecule has 26 heavy (non-hydrogen) atoms. The molecule has 0 unspecified atom stereocenters. The Balaban J connectivity index is 1.97. The van der Waals surface area contributed by atoms with E-state index in [0.717, 1.165) is 0 Å². The SMILES string of the molecule is CC(=O)Nc1ccc(C(=O)O[C@H](C)C(=O)Nc2cc(Cl)cc(Cl)c2)cc1. The summed E-state index contributed by atoms with van der Waals surface area (Å²) in [5.41, 5.74) is 1.21. The highest BCUT2D eigenvalue weighted by Gasteiger charge is 2.19. The van der Waals surface area contributed by atoms with Crippen molar-refractivity contribution in [3.8, 4) is 0 Å². The van der Waals surface area contributed by atoms with Crippen molar-refractivity contribution >= 4 is 52.4 Å². The summed E-state index contributed by atoms with van der Waals surface area (Å²) in [5.74, 6) is -1.40. The molecule has 0 aliphatic heterocycles. The van der Waals surface area contributed by atoms with Crippen LogP contribution < -0.4 is 10.6 Å². The highest BCUT2D eigenvalue weighted by Crippen LogP contribution is 2.22. The van der Waals surface area contributed by atoms with Gasteiger partial charge >= 0.3 is 5.97 Å². The normalized spacial score (nSPS) is 11.4. The van der Waals surface area contributed by atoms with Gasteiger partial charge in [0.25, 0.3) is 5.91 Å². The Hall–Kier alpha value is -2.57. The van der Waals surface area contributed by atoms with Gasteiger partial charge in [0.2, 0.25) is 5.91 Å². The second kappa shape index (κ2) is 8.69. The van der Waals surface area contributed by atoms with Crippen LogP contribution in [0.1, 0.15) is 24.2 Å². The highest BCUT2D eigenvalue weighted by molar-refractivity contribution is 6.35. The van der Waals surface area contributed by atoms with Crippen LogP contribution in [-0.2, 0) is 14.3 Å². The van der Waals surface area contributed by atoms with E-state index >= 15 is 0 Å². The smallest absolute Gasteiger partial charge is 0.338 e. The fourth-order valence-corrected chi connectivity index (χ4v) is 2.57. The Morgan fingerprint density at radius 2 is 1.50 bits per heavy atom. The van der Waals surface area contributed by atoms with Crippen molar-refractivity contribution in [2.75, 3.05) is 10.6 Å². The van der Waals surface area contributed by atoms with Crippen molar-refractivity contribution in [2.45, 2.75) is 20.0 Å². The number of hydrogen-bond donors (Lipinski definition) is 2. The average molecular weight is 395 g/mol. The number of carbonyl (C=O) groups is 3. The molecule has 2 aromatic rings. The van der Waals surface area contributed by atoms with Gasteiger partial charge in [-0.3, -0.25) is 9.59 Å². The molecular weight excluding hydrogens is 379 g/mol. The number of anilines is 2. The van der Waals surface area contributed by atoms with Crippen LogP contribution in [-0.4, -0.2) is 23.9 Å². The summed E-state index contributed by atoms with van der Waals surface area (Å²) in [6.45, 7) is 2.83. The molecule has 136 valence electrons. The van der Waals surface area contributed by atoms with E-state index in [0.29, 0.717) is 21.4 Å². The van der Waals surface area contributed by atoms with Gasteiger partial charge in [-0.25, -0.2) is 4.79 Å². The lowest BCUT2D eigenvalue weighted by molar-refractivity contribution is -0.123. The Bertz CT molecular complexity index is 817. The third kappa shape index (κ3) is 5.75. The molecule has 0 heterocycles. The highest BCUT2D eigenvalue weighted by atomic mass is 35.5. The summed E-state index contributed by atoms with van der Waals surface area (Å²) in [4.78, 5) is 35.3. The maximum absolute atomic E-state index is 12.2. The van der Waals surface area contributed by atoms with E-state index < -0.39 is 18.0 Å². The number of esters is 1. The van der Waals surface area contributed by atoms with Crippen molar-refractivity contribution in [2.24, 2.45) is 0 Å². The summed E-state index contributed by atoms with van der Waals surface area (Å²) in [6.07, 6.45) is -1.03. The van der Waals surface area contributed by atoms with E-state index in [4.69, 9.17) is 27.9 Å². The van der Waals surface area contributed by atoms with Gasteiger partial charge in [0, 0.05) is 28.3 Å². The molecule has 0 bridgehead atoms. The summed E-state index contributed by atoms with van der Waals surface area (Å²) in [5, 5.41) is 5.91. The molecule has 0 saturated heterocycles. The predicted octanol–water partition coefficient (Wildman–Crippen LogP) is 4.14. The molecule has 2 rings (SSSR count). The maximum atomic E-state index is 12.2. The van der Waals surface area contributed by atoms with E-state index in [1.165, 1.54) is 44.2 Å². The molecule has 8 heteroatoms. The van der Waals surface area contributed by atoms with Gasteiger partial charge < -0.3 is 15.4 Å². The minimum Gasteiger partial charge on any atom is -0.449 e. The van der Waals surface area contributed by atoms with Gasteiger partial charge in [-0.2, -0.15) is 0 Å². The number of halogens is 2. The summed E-state index contributed by atoms with van der Waals surface area (Å²) < 4.78 is 5.15. The Morgan fingerprint density at radius 3 is 2.04 bits per heavy atom. The van der Waals surface area contributed by atoms with Crippen LogP contribution in [0.3, 0.4) is 0 Å². The second-order valence-corrected chi connectivity index (χ2v) is 6.33. The third-order valence-corrected chi connectivity index (χ3v) is 3.66. The second-order valence-electron chi connectivity index (χ2n) is 5.45. The number of benzene rings is 2. The Morgan fingerprint density at radius 1 is 0.923 bits per heavy atom. The molecule has 0 aliphatic rings. The number of hydrogen-bond acceptors (Lipinski definition) is 4. The monoisotopic (exact) mass is 394 g/mol. The molecule has 2 N–H and O–H groups in total.